The first-order chi connectivity index (χ1) is 7.65. The molecule has 0 aliphatic heterocycles. The molecule has 3 nitrogen and oxygen atoms in total. The van der Waals surface area contributed by atoms with Gasteiger partial charge in [-0.3, -0.25) is 0 Å². The molecule has 0 atom stereocenters. The monoisotopic (exact) mass is 220 g/mol. The third-order valence-corrected chi connectivity index (χ3v) is 2.29. The second-order valence-corrected chi connectivity index (χ2v) is 3.77. The summed E-state index contributed by atoms with van der Waals surface area (Å²) in [6.45, 7) is 4.15. The van der Waals surface area contributed by atoms with Gasteiger partial charge in [0.1, 0.15) is 11.6 Å². The van der Waals surface area contributed by atoms with E-state index in [1.54, 1.807) is 12.1 Å². The van der Waals surface area contributed by atoms with Crippen LogP contribution in [0.25, 0.3) is 0 Å². The van der Waals surface area contributed by atoms with E-state index in [4.69, 9.17) is 4.52 Å². The summed E-state index contributed by atoms with van der Waals surface area (Å²) in [4.78, 5) is 0. The summed E-state index contributed by atoms with van der Waals surface area (Å²) in [5, 5.41) is 6.78. The van der Waals surface area contributed by atoms with Crippen LogP contribution in [0.4, 0.5) is 10.2 Å². The van der Waals surface area contributed by atoms with Crippen molar-refractivity contribution in [1.29, 1.82) is 0 Å². The third kappa shape index (κ3) is 2.39. The molecule has 1 aromatic heterocycles. The van der Waals surface area contributed by atoms with E-state index < -0.39 is 0 Å². The molecule has 0 spiro atoms. The zero-order valence-corrected chi connectivity index (χ0v) is 9.25. The van der Waals surface area contributed by atoms with E-state index in [2.05, 4.69) is 10.5 Å². The van der Waals surface area contributed by atoms with E-state index in [1.807, 2.05) is 19.9 Å². The zero-order chi connectivity index (χ0) is 11.5. The van der Waals surface area contributed by atoms with Gasteiger partial charge in [-0.1, -0.05) is 22.9 Å². The molecule has 84 valence electrons. The van der Waals surface area contributed by atoms with Gasteiger partial charge in [0.15, 0.2) is 5.82 Å². The second kappa shape index (κ2) is 4.35. The summed E-state index contributed by atoms with van der Waals surface area (Å²) in [6.07, 6.45) is 0. The van der Waals surface area contributed by atoms with Crippen molar-refractivity contribution in [3.05, 3.63) is 47.0 Å². The van der Waals surface area contributed by atoms with Crippen LogP contribution in [0.2, 0.25) is 0 Å². The number of anilines is 1. The van der Waals surface area contributed by atoms with Crippen LogP contribution in [0.15, 0.2) is 28.8 Å². The predicted octanol–water partition coefficient (Wildman–Crippen LogP) is 3.04. The molecule has 4 heteroatoms. The molecule has 0 saturated carbocycles. The average molecular weight is 220 g/mol. The Morgan fingerprint density at radius 2 is 2.12 bits per heavy atom. The fourth-order valence-electron chi connectivity index (χ4n) is 1.47. The van der Waals surface area contributed by atoms with Gasteiger partial charge in [-0.2, -0.15) is 0 Å². The van der Waals surface area contributed by atoms with Crippen molar-refractivity contribution >= 4 is 5.82 Å². The van der Waals surface area contributed by atoms with E-state index in [0.29, 0.717) is 17.9 Å². The van der Waals surface area contributed by atoms with Crippen molar-refractivity contribution in [3.63, 3.8) is 0 Å². The highest BCUT2D eigenvalue weighted by Gasteiger charge is 2.04. The number of aryl methyl sites for hydroxylation is 2. The average Bonchev–Trinajstić information content (AvgIpc) is 2.66. The van der Waals surface area contributed by atoms with Crippen LogP contribution in [0.3, 0.4) is 0 Å². The topological polar surface area (TPSA) is 38.1 Å². The van der Waals surface area contributed by atoms with E-state index in [-0.39, 0.29) is 5.82 Å². The van der Waals surface area contributed by atoms with Gasteiger partial charge in [-0.05, 0) is 19.9 Å². The standard InChI is InChI=1S/C12H13FN2O/c1-8-3-4-11(13)10(5-8)7-14-12-6-9(2)16-15-12/h3-6H,7H2,1-2H3,(H,14,15). The van der Waals surface area contributed by atoms with E-state index in [9.17, 15) is 4.39 Å². The molecule has 2 aromatic rings. The number of halogens is 1. The molecule has 0 aliphatic rings. The maximum absolute atomic E-state index is 13.4. The van der Waals surface area contributed by atoms with Crippen LogP contribution in [-0.2, 0) is 6.54 Å². The van der Waals surface area contributed by atoms with Gasteiger partial charge in [0.25, 0.3) is 0 Å². The first-order valence-corrected chi connectivity index (χ1v) is 5.07. The van der Waals surface area contributed by atoms with Crippen LogP contribution >= 0.6 is 0 Å². The number of hydrogen-bond donors (Lipinski definition) is 1. The number of nitrogens with one attached hydrogen (secondary N) is 1. The number of nitrogens with zero attached hydrogens (tertiary/aromatic N) is 1. The zero-order valence-electron chi connectivity index (χ0n) is 9.25. The minimum Gasteiger partial charge on any atom is -0.363 e. The predicted molar refractivity (Wildman–Crippen MR) is 59.7 cm³/mol. The molecule has 0 saturated heterocycles. The van der Waals surface area contributed by atoms with Gasteiger partial charge in [-0.25, -0.2) is 4.39 Å². The van der Waals surface area contributed by atoms with Crippen LogP contribution in [-0.4, -0.2) is 5.16 Å². The molecule has 0 aliphatic carbocycles. The van der Waals surface area contributed by atoms with Crippen molar-refractivity contribution < 1.29 is 8.91 Å². The Balaban J connectivity index is 2.07. The van der Waals surface area contributed by atoms with E-state index in [0.717, 1.165) is 11.3 Å². The lowest BCUT2D eigenvalue weighted by atomic mass is 10.1. The molecule has 16 heavy (non-hydrogen) atoms. The van der Waals surface area contributed by atoms with Crippen molar-refractivity contribution in [2.24, 2.45) is 0 Å². The highest BCUT2D eigenvalue weighted by atomic mass is 19.1. The molecule has 1 heterocycles. The summed E-state index contributed by atoms with van der Waals surface area (Å²) >= 11 is 0. The van der Waals surface area contributed by atoms with Gasteiger partial charge in [-0.15, -0.1) is 0 Å². The largest absolute Gasteiger partial charge is 0.363 e. The number of rotatable bonds is 3. The number of aromatic nitrogens is 1. The Kier molecular flexibility index (Phi) is 2.90. The lowest BCUT2D eigenvalue weighted by molar-refractivity contribution is 0.399. The first-order valence-electron chi connectivity index (χ1n) is 5.07. The maximum Gasteiger partial charge on any atom is 0.169 e. The molecule has 2 rings (SSSR count). The number of hydrogen-bond acceptors (Lipinski definition) is 3. The van der Waals surface area contributed by atoms with Gasteiger partial charge in [0.2, 0.25) is 0 Å². The van der Waals surface area contributed by atoms with Crippen molar-refractivity contribution in [3.8, 4) is 0 Å². The summed E-state index contributed by atoms with van der Waals surface area (Å²) in [7, 11) is 0. The van der Waals surface area contributed by atoms with Crippen molar-refractivity contribution in [1.82, 2.24) is 5.16 Å². The molecule has 0 fully saturated rings. The van der Waals surface area contributed by atoms with Crippen LogP contribution in [0.1, 0.15) is 16.9 Å². The molecule has 1 aromatic carbocycles. The highest BCUT2D eigenvalue weighted by Crippen LogP contribution is 2.13. The van der Waals surface area contributed by atoms with Crippen molar-refractivity contribution in [2.75, 3.05) is 5.32 Å². The Bertz CT molecular complexity index is 494. The van der Waals surface area contributed by atoms with Crippen LogP contribution in [0, 0.1) is 19.7 Å². The molecular formula is C12H13FN2O. The normalized spacial score (nSPS) is 10.4. The molecule has 0 bridgehead atoms. The minimum absolute atomic E-state index is 0.210. The van der Waals surface area contributed by atoms with Gasteiger partial charge >= 0.3 is 0 Å². The summed E-state index contributed by atoms with van der Waals surface area (Å²) < 4.78 is 18.3. The van der Waals surface area contributed by atoms with Gasteiger partial charge in [0.05, 0.1) is 0 Å². The van der Waals surface area contributed by atoms with Crippen LogP contribution < -0.4 is 5.32 Å². The van der Waals surface area contributed by atoms with Gasteiger partial charge < -0.3 is 9.84 Å². The Morgan fingerprint density at radius 3 is 2.81 bits per heavy atom. The first kappa shape index (κ1) is 10.7. The molecular weight excluding hydrogens is 207 g/mol. The lowest BCUT2D eigenvalue weighted by Crippen LogP contribution is -2.02. The molecule has 0 amide bonds. The van der Waals surface area contributed by atoms with Crippen molar-refractivity contribution in [2.45, 2.75) is 20.4 Å². The van der Waals surface area contributed by atoms with E-state index in [1.165, 1.54) is 6.07 Å². The lowest BCUT2D eigenvalue weighted by Gasteiger charge is -2.05. The SMILES string of the molecule is Cc1ccc(F)c(CNc2cc(C)on2)c1. The highest BCUT2D eigenvalue weighted by molar-refractivity contribution is 5.35. The molecule has 0 radical (unpaired) electrons. The smallest absolute Gasteiger partial charge is 0.169 e. The summed E-state index contributed by atoms with van der Waals surface area (Å²) in [5.74, 6) is 1.14. The fraction of sp³-hybridized carbons (Fsp3) is 0.250. The Hall–Kier alpha value is -1.84. The summed E-state index contributed by atoms with van der Waals surface area (Å²) in [5.41, 5.74) is 1.66. The maximum atomic E-state index is 13.4. The minimum atomic E-state index is -0.210. The van der Waals surface area contributed by atoms with E-state index >= 15 is 0 Å². The quantitative estimate of drug-likeness (QED) is 0.863. The Labute approximate surface area is 93.3 Å². The van der Waals surface area contributed by atoms with Crippen LogP contribution in [0.5, 0.6) is 0 Å². The number of benzene rings is 1. The third-order valence-electron chi connectivity index (χ3n) is 2.29. The Morgan fingerprint density at radius 1 is 1.31 bits per heavy atom. The summed E-state index contributed by atoms with van der Waals surface area (Å²) in [6, 6.07) is 6.81. The molecule has 0 unspecified atom stereocenters. The van der Waals surface area contributed by atoms with Gasteiger partial charge in [0, 0.05) is 18.2 Å². The fourth-order valence-corrected chi connectivity index (χ4v) is 1.47. The second-order valence-electron chi connectivity index (χ2n) is 3.77. The molecule has 1 N–H and O–H groups in total.